The highest BCUT2D eigenvalue weighted by Crippen LogP contribution is 2.37. The van der Waals surface area contributed by atoms with Gasteiger partial charge in [0.2, 0.25) is 17.7 Å². The van der Waals surface area contributed by atoms with Crippen LogP contribution >= 0.6 is 34.5 Å². The molecule has 4 rings (SSSR count). The van der Waals surface area contributed by atoms with Gasteiger partial charge in [0.25, 0.3) is 0 Å². The predicted molar refractivity (Wildman–Crippen MR) is 153 cm³/mol. The van der Waals surface area contributed by atoms with Gasteiger partial charge in [-0.3, -0.25) is 19.2 Å². The molecule has 2 aromatic carbocycles. The monoisotopic (exact) mass is 587 g/mol. The maximum atomic E-state index is 12.8. The number of carboxylic acids is 1. The number of carboxylic acid groups (broad SMARTS) is 1. The zero-order valence-corrected chi connectivity index (χ0v) is 23.2. The second-order valence-electron chi connectivity index (χ2n) is 9.25. The van der Waals surface area contributed by atoms with Crippen molar-refractivity contribution in [1.82, 2.24) is 15.5 Å². The molecule has 1 atom stereocenters. The molecule has 0 spiro atoms. The standard InChI is InChI=1S/C28H27Cl2N3O5S/c29-25-18(15-19-10-13-39-27(19)26(25)30)6-7-23(35)33-11-8-20(9-12-33)31-28(38)21(16-24(36)37)32-22(34)14-17-4-2-1-3-5-17/h1-7,10,13,15,20-21H,8-9,11-12,14,16H2,(H,31,38)(H,32,34)(H,36,37)/b7-6+/t21-/m0/s1. The van der Waals surface area contributed by atoms with Crippen molar-refractivity contribution in [2.45, 2.75) is 37.8 Å². The third-order valence-electron chi connectivity index (χ3n) is 6.45. The van der Waals surface area contributed by atoms with Crippen LogP contribution in [0.1, 0.15) is 30.4 Å². The van der Waals surface area contributed by atoms with Gasteiger partial charge in [-0.15, -0.1) is 11.3 Å². The van der Waals surface area contributed by atoms with Crippen LogP contribution in [0.4, 0.5) is 0 Å². The van der Waals surface area contributed by atoms with Crippen LogP contribution in [0.25, 0.3) is 16.2 Å². The van der Waals surface area contributed by atoms with Crippen LogP contribution in [-0.2, 0) is 25.6 Å². The molecule has 0 unspecified atom stereocenters. The number of amides is 3. The summed E-state index contributed by atoms with van der Waals surface area (Å²) in [7, 11) is 0. The van der Waals surface area contributed by atoms with Gasteiger partial charge in [0.1, 0.15) is 6.04 Å². The lowest BCUT2D eigenvalue weighted by Gasteiger charge is -2.32. The average Bonchev–Trinajstić information content (AvgIpc) is 3.39. The number of likely N-dealkylation sites (tertiary alicyclic amines) is 1. The third kappa shape index (κ3) is 7.59. The summed E-state index contributed by atoms with van der Waals surface area (Å²) in [5.41, 5.74) is 1.41. The molecule has 0 saturated carbocycles. The van der Waals surface area contributed by atoms with Crippen molar-refractivity contribution in [2.75, 3.05) is 13.1 Å². The van der Waals surface area contributed by atoms with Gasteiger partial charge in [-0.25, -0.2) is 0 Å². The Bertz CT molecular complexity index is 1400. The number of carbonyl (C=O) groups is 4. The molecule has 11 heteroatoms. The lowest BCUT2D eigenvalue weighted by atomic mass is 10.0. The number of hydrogen-bond acceptors (Lipinski definition) is 5. The molecular formula is C28H27Cl2N3O5S. The van der Waals surface area contributed by atoms with E-state index in [0.717, 1.165) is 15.6 Å². The van der Waals surface area contributed by atoms with E-state index in [1.807, 2.05) is 23.6 Å². The van der Waals surface area contributed by atoms with Crippen LogP contribution in [0, 0.1) is 0 Å². The molecule has 0 aliphatic carbocycles. The Morgan fingerprint density at radius 2 is 1.79 bits per heavy atom. The smallest absolute Gasteiger partial charge is 0.305 e. The normalized spacial score (nSPS) is 14.9. The van der Waals surface area contributed by atoms with Crippen molar-refractivity contribution >= 4 is 74.4 Å². The number of thiophene rings is 1. The van der Waals surface area contributed by atoms with Crippen LogP contribution in [-0.4, -0.2) is 58.9 Å². The number of carbonyl (C=O) groups excluding carboxylic acids is 3. The van der Waals surface area contributed by atoms with Crippen molar-refractivity contribution < 1.29 is 24.3 Å². The Balaban J connectivity index is 1.29. The maximum Gasteiger partial charge on any atom is 0.305 e. The second kappa shape index (κ2) is 13.1. The SMILES string of the molecule is O=C(O)C[C@H](NC(=O)Cc1ccccc1)C(=O)NC1CCN(C(=O)/C=C/c2cc3ccsc3c(Cl)c2Cl)CC1. The maximum absolute atomic E-state index is 12.8. The van der Waals surface area contributed by atoms with E-state index in [0.29, 0.717) is 41.5 Å². The summed E-state index contributed by atoms with van der Waals surface area (Å²) in [5.74, 6) is -2.37. The lowest BCUT2D eigenvalue weighted by molar-refractivity contribution is -0.141. The second-order valence-corrected chi connectivity index (χ2v) is 10.9. The number of piperidine rings is 1. The van der Waals surface area contributed by atoms with Gasteiger partial charge in [-0.05, 0) is 52.9 Å². The van der Waals surface area contributed by atoms with Crippen LogP contribution in [0.5, 0.6) is 0 Å². The number of nitrogens with one attached hydrogen (secondary N) is 2. The van der Waals surface area contributed by atoms with Crippen molar-refractivity contribution in [1.29, 1.82) is 0 Å². The molecule has 39 heavy (non-hydrogen) atoms. The van der Waals surface area contributed by atoms with Gasteiger partial charge in [-0.2, -0.15) is 0 Å². The molecular weight excluding hydrogens is 561 g/mol. The van der Waals surface area contributed by atoms with Crippen molar-refractivity contribution in [3.8, 4) is 0 Å². The van der Waals surface area contributed by atoms with E-state index < -0.39 is 30.2 Å². The number of fused-ring (bicyclic) bond motifs is 1. The Hall–Kier alpha value is -3.40. The summed E-state index contributed by atoms with van der Waals surface area (Å²) in [4.78, 5) is 51.0. The molecule has 1 fully saturated rings. The molecule has 0 bridgehead atoms. The predicted octanol–water partition coefficient (Wildman–Crippen LogP) is 4.53. The van der Waals surface area contributed by atoms with E-state index in [9.17, 15) is 24.3 Å². The molecule has 3 amide bonds. The summed E-state index contributed by atoms with van der Waals surface area (Å²) >= 11 is 14.3. The number of aliphatic carboxylic acids is 1. The first-order chi connectivity index (χ1) is 18.7. The Labute approximate surface area is 239 Å². The van der Waals surface area contributed by atoms with Crippen molar-refractivity contribution in [2.24, 2.45) is 0 Å². The van der Waals surface area contributed by atoms with Gasteiger partial charge >= 0.3 is 5.97 Å². The van der Waals surface area contributed by atoms with Crippen molar-refractivity contribution in [3.05, 3.63) is 75.1 Å². The summed E-state index contributed by atoms with van der Waals surface area (Å²) in [6.45, 7) is 0.826. The van der Waals surface area contributed by atoms with Crippen LogP contribution in [0.15, 0.2) is 53.9 Å². The topological polar surface area (TPSA) is 116 Å². The third-order valence-corrected chi connectivity index (χ3v) is 8.39. The van der Waals surface area contributed by atoms with Crippen LogP contribution < -0.4 is 10.6 Å². The summed E-state index contributed by atoms with van der Waals surface area (Å²) < 4.78 is 0.899. The lowest BCUT2D eigenvalue weighted by Crippen LogP contribution is -2.53. The van der Waals surface area contributed by atoms with Gasteiger partial charge in [0.05, 0.1) is 27.6 Å². The summed E-state index contributed by atoms with van der Waals surface area (Å²) in [6, 6.07) is 11.4. The van der Waals surface area contributed by atoms with E-state index in [2.05, 4.69) is 10.6 Å². The van der Waals surface area contributed by atoms with E-state index in [1.54, 1.807) is 35.2 Å². The largest absolute Gasteiger partial charge is 0.481 e. The minimum absolute atomic E-state index is 0.0385. The fourth-order valence-electron chi connectivity index (χ4n) is 4.41. The summed E-state index contributed by atoms with van der Waals surface area (Å²) in [6.07, 6.45) is 3.61. The molecule has 1 saturated heterocycles. The van der Waals surface area contributed by atoms with Gasteiger partial charge in [0, 0.05) is 25.2 Å². The molecule has 3 N–H and O–H groups in total. The van der Waals surface area contributed by atoms with Gasteiger partial charge in [-0.1, -0.05) is 53.5 Å². The highest BCUT2D eigenvalue weighted by Gasteiger charge is 2.28. The van der Waals surface area contributed by atoms with Crippen LogP contribution in [0.2, 0.25) is 10.0 Å². The average molecular weight is 589 g/mol. The van der Waals surface area contributed by atoms with E-state index in [4.69, 9.17) is 23.2 Å². The van der Waals surface area contributed by atoms with Crippen molar-refractivity contribution in [3.63, 3.8) is 0 Å². The first-order valence-electron chi connectivity index (χ1n) is 12.4. The Morgan fingerprint density at radius 1 is 1.08 bits per heavy atom. The van der Waals surface area contributed by atoms with Gasteiger partial charge in [0.15, 0.2) is 0 Å². The minimum Gasteiger partial charge on any atom is -0.481 e. The number of hydrogen-bond donors (Lipinski definition) is 3. The first kappa shape index (κ1) is 28.6. The van der Waals surface area contributed by atoms with E-state index >= 15 is 0 Å². The highest BCUT2D eigenvalue weighted by atomic mass is 35.5. The Kier molecular flexibility index (Phi) is 9.61. The number of rotatable bonds is 9. The quantitative estimate of drug-likeness (QED) is 0.318. The molecule has 8 nitrogen and oxygen atoms in total. The van der Waals surface area contributed by atoms with E-state index in [1.165, 1.54) is 17.4 Å². The zero-order chi connectivity index (χ0) is 27.9. The highest BCUT2D eigenvalue weighted by molar-refractivity contribution is 7.18. The number of benzene rings is 2. The summed E-state index contributed by atoms with van der Waals surface area (Å²) in [5, 5.41) is 18.4. The van der Waals surface area contributed by atoms with Crippen LogP contribution in [0.3, 0.4) is 0 Å². The molecule has 3 aromatic rings. The fourth-order valence-corrected chi connectivity index (χ4v) is 5.85. The zero-order valence-electron chi connectivity index (χ0n) is 20.9. The Morgan fingerprint density at radius 3 is 2.49 bits per heavy atom. The number of halogens is 2. The van der Waals surface area contributed by atoms with Gasteiger partial charge < -0.3 is 20.6 Å². The molecule has 1 aliphatic rings. The fraction of sp³-hybridized carbons (Fsp3) is 0.286. The number of nitrogens with zero attached hydrogens (tertiary/aromatic N) is 1. The molecule has 1 aliphatic heterocycles. The first-order valence-corrected chi connectivity index (χ1v) is 14.0. The molecule has 2 heterocycles. The minimum atomic E-state index is -1.20. The molecule has 204 valence electrons. The molecule has 0 radical (unpaired) electrons. The van der Waals surface area contributed by atoms with E-state index in [-0.39, 0.29) is 18.4 Å². The molecule has 1 aromatic heterocycles.